The van der Waals surface area contributed by atoms with E-state index in [4.69, 9.17) is 26.7 Å². The minimum absolute atomic E-state index is 0.0736. The second-order valence-corrected chi connectivity index (χ2v) is 10.9. The highest BCUT2D eigenvalue weighted by atomic mass is 35.5. The number of hydrogen-bond acceptors (Lipinski definition) is 5. The van der Waals surface area contributed by atoms with Crippen molar-refractivity contribution in [2.24, 2.45) is 5.92 Å². The Kier molecular flexibility index (Phi) is 8.12. The van der Waals surface area contributed by atoms with Crippen LogP contribution in [0.25, 0.3) is 16.7 Å². The fourth-order valence-corrected chi connectivity index (χ4v) is 5.28. The number of aryl methyl sites for hydroxylation is 2. The first kappa shape index (κ1) is 27.1. The molecule has 4 aromatic rings. The summed E-state index contributed by atoms with van der Waals surface area (Å²) in [6.45, 7) is 8.88. The van der Waals surface area contributed by atoms with Crippen LogP contribution in [0.4, 0.5) is 10.2 Å². The first-order valence-corrected chi connectivity index (χ1v) is 14.0. The normalized spacial score (nSPS) is 15.1. The van der Waals surface area contributed by atoms with E-state index < -0.39 is 5.38 Å². The molecule has 2 aromatic heterocycles. The van der Waals surface area contributed by atoms with Crippen molar-refractivity contribution in [2.45, 2.75) is 45.4 Å². The Labute approximate surface area is 233 Å². The Morgan fingerprint density at radius 3 is 2.46 bits per heavy atom. The third-order valence-corrected chi connectivity index (χ3v) is 7.60. The van der Waals surface area contributed by atoms with Gasteiger partial charge in [-0.2, -0.15) is 5.10 Å². The first-order chi connectivity index (χ1) is 18.8. The molecule has 204 valence electrons. The number of alkyl halides is 1. The molecule has 1 fully saturated rings. The molecule has 0 unspecified atom stereocenters. The van der Waals surface area contributed by atoms with E-state index in [9.17, 15) is 9.18 Å². The van der Waals surface area contributed by atoms with Gasteiger partial charge in [0, 0.05) is 32.6 Å². The minimum atomic E-state index is -0.706. The Balaban J connectivity index is 1.47. The van der Waals surface area contributed by atoms with Crippen LogP contribution >= 0.6 is 11.6 Å². The molecule has 3 heterocycles. The monoisotopic (exact) mass is 548 g/mol. The summed E-state index contributed by atoms with van der Waals surface area (Å²) in [4.78, 5) is 27.3. The van der Waals surface area contributed by atoms with E-state index in [2.05, 4.69) is 18.7 Å². The van der Waals surface area contributed by atoms with Crippen LogP contribution in [0.1, 0.15) is 49.1 Å². The van der Waals surface area contributed by atoms with Crippen LogP contribution < -0.4 is 4.90 Å². The van der Waals surface area contributed by atoms with Crippen LogP contribution in [-0.4, -0.2) is 56.7 Å². The van der Waals surface area contributed by atoms with Crippen molar-refractivity contribution in [1.82, 2.24) is 24.6 Å². The number of anilines is 1. The average molecular weight is 549 g/mol. The summed E-state index contributed by atoms with van der Waals surface area (Å²) >= 11 is 6.59. The lowest BCUT2D eigenvalue weighted by molar-refractivity contribution is -0.130. The van der Waals surface area contributed by atoms with Gasteiger partial charge in [0.1, 0.15) is 22.8 Å². The molecule has 1 amide bonds. The molecule has 0 aliphatic carbocycles. The fourth-order valence-electron chi connectivity index (χ4n) is 5.00. The van der Waals surface area contributed by atoms with Gasteiger partial charge in [-0.1, -0.05) is 44.2 Å². The van der Waals surface area contributed by atoms with E-state index in [1.807, 2.05) is 42.2 Å². The van der Waals surface area contributed by atoms with Gasteiger partial charge in [0.05, 0.1) is 16.8 Å². The van der Waals surface area contributed by atoms with Crippen LogP contribution in [0, 0.1) is 18.7 Å². The maximum Gasteiger partial charge on any atom is 0.245 e. The molecule has 0 N–H and O–H groups in total. The summed E-state index contributed by atoms with van der Waals surface area (Å²) in [6, 6.07) is 15.8. The fraction of sp³-hybridized carbons (Fsp3) is 0.400. The second-order valence-electron chi connectivity index (χ2n) is 10.5. The highest BCUT2D eigenvalue weighted by Crippen LogP contribution is 2.31. The molecule has 2 aromatic carbocycles. The van der Waals surface area contributed by atoms with E-state index in [0.29, 0.717) is 31.2 Å². The van der Waals surface area contributed by atoms with Crippen molar-refractivity contribution < 1.29 is 9.18 Å². The van der Waals surface area contributed by atoms with Crippen LogP contribution in [0.5, 0.6) is 0 Å². The second kappa shape index (κ2) is 11.7. The Morgan fingerprint density at radius 1 is 1.00 bits per heavy atom. The summed E-state index contributed by atoms with van der Waals surface area (Å²) in [7, 11) is 0. The molecule has 0 radical (unpaired) electrons. The van der Waals surface area contributed by atoms with Crippen LogP contribution in [0.2, 0.25) is 0 Å². The Hall–Kier alpha value is -3.52. The lowest BCUT2D eigenvalue weighted by atomic mass is 10.1. The molecular formula is C30H34ClFN6O. The van der Waals surface area contributed by atoms with Gasteiger partial charge in [0.15, 0.2) is 5.65 Å². The number of amides is 1. The summed E-state index contributed by atoms with van der Waals surface area (Å²) in [5.41, 5.74) is 3.07. The Morgan fingerprint density at radius 2 is 1.74 bits per heavy atom. The number of rotatable bonds is 7. The number of carbonyl (C=O) groups is 1. The number of halogens is 2. The number of benzene rings is 2. The highest BCUT2D eigenvalue weighted by molar-refractivity contribution is 6.30. The summed E-state index contributed by atoms with van der Waals surface area (Å²) in [6.07, 6.45) is 2.51. The zero-order valence-electron chi connectivity index (χ0n) is 22.6. The largest absolute Gasteiger partial charge is 0.354 e. The zero-order chi connectivity index (χ0) is 27.5. The Bertz CT molecular complexity index is 1440. The van der Waals surface area contributed by atoms with Gasteiger partial charge < -0.3 is 9.80 Å². The van der Waals surface area contributed by atoms with Gasteiger partial charge in [0.2, 0.25) is 5.91 Å². The number of carbonyl (C=O) groups excluding carboxylic acids is 1. The first-order valence-electron chi connectivity index (χ1n) is 13.6. The summed E-state index contributed by atoms with van der Waals surface area (Å²) in [5, 5.41) is 4.96. The average Bonchev–Trinajstić information content (AvgIpc) is 3.11. The van der Waals surface area contributed by atoms with Gasteiger partial charge in [0.25, 0.3) is 0 Å². The molecule has 1 saturated heterocycles. The highest BCUT2D eigenvalue weighted by Gasteiger charge is 2.28. The molecule has 39 heavy (non-hydrogen) atoms. The van der Waals surface area contributed by atoms with Crippen molar-refractivity contribution in [3.05, 3.63) is 77.5 Å². The third-order valence-electron chi connectivity index (χ3n) is 7.16. The lowest BCUT2D eigenvalue weighted by Gasteiger charge is -2.25. The molecule has 0 saturated carbocycles. The number of fused-ring (bicyclic) bond motifs is 1. The zero-order valence-corrected chi connectivity index (χ0v) is 23.4. The van der Waals surface area contributed by atoms with Crippen molar-refractivity contribution in [3.63, 3.8) is 0 Å². The molecule has 1 aliphatic rings. The third kappa shape index (κ3) is 5.91. The van der Waals surface area contributed by atoms with Crippen molar-refractivity contribution >= 4 is 34.4 Å². The molecule has 0 spiro atoms. The van der Waals surface area contributed by atoms with Crippen LogP contribution in [0.15, 0.2) is 54.6 Å². The quantitative estimate of drug-likeness (QED) is 0.270. The van der Waals surface area contributed by atoms with E-state index in [-0.39, 0.29) is 11.7 Å². The molecule has 1 aliphatic heterocycles. The maximum absolute atomic E-state index is 13.6. The lowest BCUT2D eigenvalue weighted by Crippen LogP contribution is -2.37. The molecular weight excluding hydrogens is 515 g/mol. The van der Waals surface area contributed by atoms with Crippen LogP contribution in [0.3, 0.4) is 0 Å². The van der Waals surface area contributed by atoms with Crippen molar-refractivity contribution in [3.8, 4) is 5.69 Å². The SMILES string of the molecule is Cc1nn(-c2ccc(F)cc2)c2nc(CCC(C)C)nc(N3CCCN(C(=O)[C@H](Cl)c4ccccc4)CC3)c12. The molecule has 5 rings (SSSR count). The van der Waals surface area contributed by atoms with E-state index in [1.54, 1.807) is 16.8 Å². The topological polar surface area (TPSA) is 67.2 Å². The predicted molar refractivity (Wildman–Crippen MR) is 153 cm³/mol. The van der Waals surface area contributed by atoms with Gasteiger partial charge in [-0.15, -0.1) is 11.6 Å². The van der Waals surface area contributed by atoms with Gasteiger partial charge >= 0.3 is 0 Å². The van der Waals surface area contributed by atoms with Gasteiger partial charge in [-0.3, -0.25) is 4.79 Å². The number of nitrogens with zero attached hydrogens (tertiary/aromatic N) is 6. The van der Waals surface area contributed by atoms with E-state index in [1.165, 1.54) is 12.1 Å². The van der Waals surface area contributed by atoms with Gasteiger partial charge in [-0.25, -0.2) is 19.0 Å². The van der Waals surface area contributed by atoms with E-state index >= 15 is 0 Å². The van der Waals surface area contributed by atoms with Gasteiger partial charge in [-0.05, 0) is 55.5 Å². The summed E-state index contributed by atoms with van der Waals surface area (Å²) in [5.74, 6) is 1.74. The van der Waals surface area contributed by atoms with Crippen molar-refractivity contribution in [1.29, 1.82) is 0 Å². The minimum Gasteiger partial charge on any atom is -0.354 e. The summed E-state index contributed by atoms with van der Waals surface area (Å²) < 4.78 is 15.4. The van der Waals surface area contributed by atoms with Crippen molar-refractivity contribution in [2.75, 3.05) is 31.1 Å². The standard InChI is InChI=1S/C30H34ClFN6O/c1-20(2)10-15-25-33-28(26-21(3)35-38(29(26)34-25)24-13-11-23(32)12-14-24)36-16-7-17-37(19-18-36)30(39)27(31)22-8-5-4-6-9-22/h4-6,8-9,11-14,20,27H,7,10,15-19H2,1-3H3/t27-/m1/s1. The maximum atomic E-state index is 13.6. The van der Waals surface area contributed by atoms with E-state index in [0.717, 1.165) is 59.8 Å². The number of aromatic nitrogens is 4. The molecule has 9 heteroatoms. The molecule has 1 atom stereocenters. The van der Waals surface area contributed by atoms with Crippen LogP contribution in [-0.2, 0) is 11.2 Å². The predicted octanol–water partition coefficient (Wildman–Crippen LogP) is 5.87. The smallest absolute Gasteiger partial charge is 0.245 e. The number of hydrogen-bond donors (Lipinski definition) is 0. The molecule has 0 bridgehead atoms. The molecule has 7 nitrogen and oxygen atoms in total.